The molecule has 0 aromatic heterocycles. The largest absolute Gasteiger partial charge is 0.497 e. The molecule has 0 spiro atoms. The Labute approximate surface area is 160 Å². The number of hydrogen-bond donors (Lipinski definition) is 1. The number of nitrogens with one attached hydrogen (secondary N) is 1. The zero-order valence-corrected chi connectivity index (χ0v) is 16.0. The first kappa shape index (κ1) is 19.4. The van der Waals surface area contributed by atoms with E-state index >= 15 is 0 Å². The molecule has 1 N–H and O–H groups in total. The van der Waals surface area contributed by atoms with Crippen LogP contribution in [0.2, 0.25) is 0 Å². The molecular formula is C22H27FN2O2. The summed E-state index contributed by atoms with van der Waals surface area (Å²) < 4.78 is 19.0. The van der Waals surface area contributed by atoms with Crippen molar-refractivity contribution in [2.45, 2.75) is 32.4 Å². The Morgan fingerprint density at radius 2 is 1.85 bits per heavy atom. The minimum absolute atomic E-state index is 0.0163. The Morgan fingerprint density at radius 1 is 1.19 bits per heavy atom. The van der Waals surface area contributed by atoms with Crippen LogP contribution in [0.15, 0.2) is 48.5 Å². The van der Waals surface area contributed by atoms with Gasteiger partial charge in [0.15, 0.2) is 0 Å². The molecule has 0 radical (unpaired) electrons. The van der Waals surface area contributed by atoms with Crippen LogP contribution in [0.1, 0.15) is 36.9 Å². The predicted molar refractivity (Wildman–Crippen MR) is 104 cm³/mol. The number of halogens is 1. The summed E-state index contributed by atoms with van der Waals surface area (Å²) >= 11 is 0. The molecule has 2 aromatic rings. The maximum atomic E-state index is 13.8. The van der Waals surface area contributed by atoms with Crippen molar-refractivity contribution in [2.24, 2.45) is 5.92 Å². The van der Waals surface area contributed by atoms with E-state index in [0.717, 1.165) is 37.2 Å². The Bertz CT molecular complexity index is 755. The number of carbonyl (C=O) groups is 1. The monoisotopic (exact) mass is 370 g/mol. The highest BCUT2D eigenvalue weighted by Crippen LogP contribution is 2.22. The van der Waals surface area contributed by atoms with Gasteiger partial charge in [-0.3, -0.25) is 9.69 Å². The number of rotatable bonds is 6. The first-order chi connectivity index (χ1) is 13.1. The zero-order chi connectivity index (χ0) is 19.2. The molecule has 1 atom stereocenters. The van der Waals surface area contributed by atoms with Crippen molar-refractivity contribution >= 4 is 5.91 Å². The van der Waals surface area contributed by atoms with E-state index in [1.807, 2.05) is 43.3 Å². The highest BCUT2D eigenvalue weighted by atomic mass is 19.1. The standard InChI is InChI=1S/C22H27FN2O2/c1-16(17-7-9-20(27-2)10-8-17)24-22(26)18-11-13-25(14-12-18)15-19-5-3-4-6-21(19)23/h3-10,16,18H,11-15H2,1-2H3,(H,24,26)/t16-/m0/s1. The van der Waals surface area contributed by atoms with E-state index in [-0.39, 0.29) is 23.7 Å². The van der Waals surface area contributed by atoms with Crippen molar-refractivity contribution in [1.82, 2.24) is 10.2 Å². The molecule has 27 heavy (non-hydrogen) atoms. The van der Waals surface area contributed by atoms with E-state index < -0.39 is 0 Å². The lowest BCUT2D eigenvalue weighted by Crippen LogP contribution is -2.41. The molecule has 144 valence electrons. The van der Waals surface area contributed by atoms with Gasteiger partial charge in [-0.1, -0.05) is 30.3 Å². The summed E-state index contributed by atoms with van der Waals surface area (Å²) in [6.45, 7) is 4.21. The molecule has 1 fully saturated rings. The predicted octanol–water partition coefficient (Wildman–Crippen LogP) is 3.92. The van der Waals surface area contributed by atoms with Crippen LogP contribution in [0, 0.1) is 11.7 Å². The van der Waals surface area contributed by atoms with E-state index in [9.17, 15) is 9.18 Å². The van der Waals surface area contributed by atoms with Crippen molar-refractivity contribution < 1.29 is 13.9 Å². The van der Waals surface area contributed by atoms with Crippen molar-refractivity contribution in [1.29, 1.82) is 0 Å². The lowest BCUT2D eigenvalue weighted by Gasteiger charge is -2.32. The van der Waals surface area contributed by atoms with Gasteiger partial charge in [0.05, 0.1) is 13.2 Å². The smallest absolute Gasteiger partial charge is 0.223 e. The van der Waals surface area contributed by atoms with Crippen LogP contribution in [0.4, 0.5) is 4.39 Å². The zero-order valence-electron chi connectivity index (χ0n) is 16.0. The fraction of sp³-hybridized carbons (Fsp3) is 0.409. The molecule has 0 saturated carbocycles. The second kappa shape index (κ2) is 9.00. The second-order valence-corrected chi connectivity index (χ2v) is 7.15. The number of piperidine rings is 1. The number of amides is 1. The maximum absolute atomic E-state index is 13.8. The van der Waals surface area contributed by atoms with Gasteiger partial charge in [-0.05, 0) is 56.6 Å². The molecule has 0 bridgehead atoms. The lowest BCUT2D eigenvalue weighted by atomic mass is 9.94. The third kappa shape index (κ3) is 5.07. The summed E-state index contributed by atoms with van der Waals surface area (Å²) in [4.78, 5) is 14.8. The Morgan fingerprint density at radius 3 is 2.48 bits per heavy atom. The minimum Gasteiger partial charge on any atom is -0.497 e. The topological polar surface area (TPSA) is 41.6 Å². The number of methoxy groups -OCH3 is 1. The summed E-state index contributed by atoms with van der Waals surface area (Å²) in [7, 11) is 1.64. The Hall–Kier alpha value is -2.40. The molecule has 3 rings (SSSR count). The molecule has 0 aliphatic carbocycles. The fourth-order valence-electron chi connectivity index (χ4n) is 3.53. The molecular weight excluding hydrogens is 343 g/mol. The number of hydrogen-bond acceptors (Lipinski definition) is 3. The summed E-state index contributed by atoms with van der Waals surface area (Å²) in [5.41, 5.74) is 1.77. The van der Waals surface area contributed by atoms with Crippen molar-refractivity contribution in [2.75, 3.05) is 20.2 Å². The van der Waals surface area contributed by atoms with E-state index in [4.69, 9.17) is 4.74 Å². The SMILES string of the molecule is COc1ccc([C@H](C)NC(=O)C2CCN(Cc3ccccc3F)CC2)cc1. The van der Waals surface area contributed by atoms with E-state index in [0.29, 0.717) is 12.1 Å². The molecule has 1 heterocycles. The van der Waals surface area contributed by atoms with E-state index in [1.54, 1.807) is 13.2 Å². The van der Waals surface area contributed by atoms with Gasteiger partial charge in [0, 0.05) is 18.0 Å². The lowest BCUT2D eigenvalue weighted by molar-refractivity contribution is -0.127. The van der Waals surface area contributed by atoms with Crippen LogP contribution in [0.3, 0.4) is 0 Å². The highest BCUT2D eigenvalue weighted by molar-refractivity contribution is 5.79. The van der Waals surface area contributed by atoms with Crippen LogP contribution in [-0.2, 0) is 11.3 Å². The quantitative estimate of drug-likeness (QED) is 0.838. The van der Waals surface area contributed by atoms with Gasteiger partial charge < -0.3 is 10.1 Å². The first-order valence-electron chi connectivity index (χ1n) is 9.47. The van der Waals surface area contributed by atoms with Gasteiger partial charge in [-0.2, -0.15) is 0 Å². The van der Waals surface area contributed by atoms with Gasteiger partial charge in [0.2, 0.25) is 5.91 Å². The third-order valence-electron chi connectivity index (χ3n) is 5.28. The minimum atomic E-state index is -0.161. The van der Waals surface area contributed by atoms with Crippen LogP contribution in [0.25, 0.3) is 0 Å². The normalized spacial score (nSPS) is 16.7. The summed E-state index contributed by atoms with van der Waals surface area (Å²) in [6, 6.07) is 14.6. The Kier molecular flexibility index (Phi) is 6.45. The second-order valence-electron chi connectivity index (χ2n) is 7.15. The Balaban J connectivity index is 1.48. The molecule has 2 aromatic carbocycles. The third-order valence-corrected chi connectivity index (χ3v) is 5.28. The van der Waals surface area contributed by atoms with Crippen molar-refractivity contribution in [3.63, 3.8) is 0 Å². The first-order valence-corrected chi connectivity index (χ1v) is 9.47. The van der Waals surface area contributed by atoms with Gasteiger partial charge in [-0.25, -0.2) is 4.39 Å². The number of carbonyl (C=O) groups excluding carboxylic acids is 1. The van der Waals surface area contributed by atoms with Crippen LogP contribution in [-0.4, -0.2) is 31.0 Å². The van der Waals surface area contributed by atoms with Crippen molar-refractivity contribution in [3.05, 3.63) is 65.5 Å². The van der Waals surface area contributed by atoms with Gasteiger partial charge in [0.1, 0.15) is 11.6 Å². The average molecular weight is 370 g/mol. The molecule has 0 unspecified atom stereocenters. The number of likely N-dealkylation sites (tertiary alicyclic amines) is 1. The fourth-order valence-corrected chi connectivity index (χ4v) is 3.53. The molecule has 1 aliphatic rings. The maximum Gasteiger partial charge on any atom is 0.223 e. The van der Waals surface area contributed by atoms with Gasteiger partial charge >= 0.3 is 0 Å². The summed E-state index contributed by atoms with van der Waals surface area (Å²) in [5.74, 6) is 0.761. The number of nitrogens with zero attached hydrogens (tertiary/aromatic N) is 1. The van der Waals surface area contributed by atoms with Crippen LogP contribution in [0.5, 0.6) is 5.75 Å². The molecule has 1 amide bonds. The van der Waals surface area contributed by atoms with Gasteiger partial charge in [0.25, 0.3) is 0 Å². The van der Waals surface area contributed by atoms with Crippen molar-refractivity contribution in [3.8, 4) is 5.75 Å². The molecule has 1 saturated heterocycles. The van der Waals surface area contributed by atoms with E-state index in [2.05, 4.69) is 10.2 Å². The van der Waals surface area contributed by atoms with E-state index in [1.165, 1.54) is 6.07 Å². The molecule has 4 nitrogen and oxygen atoms in total. The summed E-state index contributed by atoms with van der Waals surface area (Å²) in [6.07, 6.45) is 1.60. The van der Waals surface area contributed by atoms with Gasteiger partial charge in [-0.15, -0.1) is 0 Å². The number of ether oxygens (including phenoxy) is 1. The van der Waals surface area contributed by atoms with Crippen LogP contribution >= 0.6 is 0 Å². The van der Waals surface area contributed by atoms with Crippen LogP contribution < -0.4 is 10.1 Å². The highest BCUT2D eigenvalue weighted by Gasteiger charge is 2.26. The summed E-state index contributed by atoms with van der Waals surface area (Å²) in [5, 5.41) is 3.12. The average Bonchev–Trinajstić information content (AvgIpc) is 2.70. The molecule has 5 heteroatoms. The molecule has 1 aliphatic heterocycles. The number of benzene rings is 2.